The van der Waals surface area contributed by atoms with Gasteiger partial charge in [0.2, 0.25) is 0 Å². The molecule has 1 heterocycles. The molecule has 0 aromatic heterocycles. The summed E-state index contributed by atoms with van der Waals surface area (Å²) in [5.74, 6) is -0.706. The Balaban J connectivity index is 2.51. The molecule has 0 aromatic carbocycles. The molecule has 0 spiro atoms. The maximum absolute atomic E-state index is 11.8. The topological polar surface area (TPSA) is 64.6 Å². The van der Waals surface area contributed by atoms with Gasteiger partial charge in [0.05, 0.1) is 7.11 Å². The van der Waals surface area contributed by atoms with Gasteiger partial charge in [0.25, 0.3) is 5.91 Å². The summed E-state index contributed by atoms with van der Waals surface area (Å²) in [5.41, 5.74) is -0.789. The zero-order valence-electron chi connectivity index (χ0n) is 9.33. The van der Waals surface area contributed by atoms with Gasteiger partial charge in [-0.3, -0.25) is 4.79 Å². The molecule has 1 amide bonds. The van der Waals surface area contributed by atoms with Crippen molar-refractivity contribution < 1.29 is 19.1 Å². The van der Waals surface area contributed by atoms with Crippen molar-refractivity contribution >= 4 is 11.9 Å². The maximum Gasteiger partial charge on any atom is 0.328 e. The van der Waals surface area contributed by atoms with Crippen LogP contribution >= 0.6 is 0 Å². The number of carbonyl (C=O) groups excluding carboxylic acids is 2. The quantitative estimate of drug-likeness (QED) is 0.685. The molecule has 1 N–H and O–H groups in total. The fourth-order valence-electron chi connectivity index (χ4n) is 1.54. The number of hydrogen-bond donors (Lipinski definition) is 1. The third kappa shape index (κ3) is 2.68. The van der Waals surface area contributed by atoms with E-state index in [0.29, 0.717) is 13.0 Å². The Hall–Kier alpha value is -1.10. The molecule has 0 bridgehead atoms. The summed E-state index contributed by atoms with van der Waals surface area (Å²) in [7, 11) is 1.29. The van der Waals surface area contributed by atoms with Crippen molar-refractivity contribution in [3.63, 3.8) is 0 Å². The highest BCUT2D eigenvalue weighted by atomic mass is 16.5. The largest absolute Gasteiger partial charge is 0.467 e. The van der Waals surface area contributed by atoms with Crippen molar-refractivity contribution in [3.05, 3.63) is 0 Å². The second kappa shape index (κ2) is 4.61. The predicted octanol–water partition coefficient (Wildman–Crippen LogP) is 0.233. The van der Waals surface area contributed by atoms with E-state index < -0.39 is 17.6 Å². The van der Waals surface area contributed by atoms with Crippen LogP contribution in [0.25, 0.3) is 0 Å². The van der Waals surface area contributed by atoms with Gasteiger partial charge in [0, 0.05) is 6.61 Å². The van der Waals surface area contributed by atoms with Gasteiger partial charge in [-0.1, -0.05) is 0 Å². The molecule has 1 aliphatic heterocycles. The first-order valence-corrected chi connectivity index (χ1v) is 5.02. The minimum absolute atomic E-state index is 0.252. The number of ether oxygens (including phenoxy) is 2. The Bertz CT molecular complexity index is 258. The van der Waals surface area contributed by atoms with E-state index in [9.17, 15) is 9.59 Å². The van der Waals surface area contributed by atoms with Crippen LogP contribution in [0.4, 0.5) is 0 Å². The van der Waals surface area contributed by atoms with Gasteiger partial charge in [0.15, 0.2) is 0 Å². The normalized spacial score (nSPS) is 27.1. The van der Waals surface area contributed by atoms with Crippen LogP contribution in [0, 0.1) is 0 Å². The Kier molecular flexibility index (Phi) is 3.68. The van der Waals surface area contributed by atoms with Crippen LogP contribution in [-0.2, 0) is 19.1 Å². The molecule has 5 nitrogen and oxygen atoms in total. The summed E-state index contributed by atoms with van der Waals surface area (Å²) in [6.45, 7) is 3.91. The van der Waals surface area contributed by atoms with E-state index in [1.165, 1.54) is 7.11 Å². The van der Waals surface area contributed by atoms with Gasteiger partial charge < -0.3 is 14.8 Å². The standard InChI is InChI=1S/C10H17NO4/c1-7(8(12)14-3)11-9(13)10(2)5-4-6-15-10/h7H,4-6H2,1-3H3,(H,11,13). The van der Waals surface area contributed by atoms with Gasteiger partial charge in [0.1, 0.15) is 11.6 Å². The molecule has 15 heavy (non-hydrogen) atoms. The number of hydrogen-bond acceptors (Lipinski definition) is 4. The highest BCUT2D eigenvalue weighted by molar-refractivity contribution is 5.89. The number of nitrogens with one attached hydrogen (secondary N) is 1. The van der Waals surface area contributed by atoms with Gasteiger partial charge >= 0.3 is 5.97 Å². The summed E-state index contributed by atoms with van der Waals surface area (Å²) in [4.78, 5) is 22.8. The van der Waals surface area contributed by atoms with E-state index in [0.717, 1.165) is 6.42 Å². The Labute approximate surface area is 89.1 Å². The zero-order chi connectivity index (χ0) is 11.5. The van der Waals surface area contributed by atoms with Crippen molar-refractivity contribution in [1.29, 1.82) is 0 Å². The molecule has 2 atom stereocenters. The van der Waals surface area contributed by atoms with E-state index >= 15 is 0 Å². The van der Waals surface area contributed by atoms with Crippen molar-refractivity contribution in [2.45, 2.75) is 38.3 Å². The summed E-state index contributed by atoms with van der Waals surface area (Å²) in [6, 6.07) is -0.636. The molecule has 0 saturated carbocycles. The van der Waals surface area contributed by atoms with Crippen molar-refractivity contribution in [1.82, 2.24) is 5.32 Å². The van der Waals surface area contributed by atoms with Crippen LogP contribution in [0.3, 0.4) is 0 Å². The number of carbonyl (C=O) groups is 2. The van der Waals surface area contributed by atoms with Gasteiger partial charge in [-0.15, -0.1) is 0 Å². The average Bonchev–Trinajstić information content (AvgIpc) is 2.65. The van der Waals surface area contributed by atoms with Crippen LogP contribution in [0.1, 0.15) is 26.7 Å². The summed E-state index contributed by atoms with van der Waals surface area (Å²) < 4.78 is 9.87. The molecular weight excluding hydrogens is 198 g/mol. The second-order valence-corrected chi connectivity index (χ2v) is 3.90. The average molecular weight is 215 g/mol. The lowest BCUT2D eigenvalue weighted by Gasteiger charge is -2.23. The molecule has 1 rings (SSSR count). The number of esters is 1. The SMILES string of the molecule is COC(=O)C(C)NC(=O)C1(C)CCCO1. The lowest BCUT2D eigenvalue weighted by atomic mass is 10.0. The van der Waals surface area contributed by atoms with E-state index in [2.05, 4.69) is 10.1 Å². The highest BCUT2D eigenvalue weighted by Gasteiger charge is 2.38. The van der Waals surface area contributed by atoms with E-state index in [1.807, 2.05) is 0 Å². The monoisotopic (exact) mass is 215 g/mol. The van der Waals surface area contributed by atoms with Crippen LogP contribution in [-0.4, -0.2) is 37.2 Å². The molecule has 1 saturated heterocycles. The van der Waals surface area contributed by atoms with Gasteiger partial charge in [-0.05, 0) is 26.7 Å². The molecule has 2 unspecified atom stereocenters. The molecule has 0 aromatic rings. The lowest BCUT2D eigenvalue weighted by Crippen LogP contribution is -2.49. The Morgan fingerprint density at radius 2 is 2.20 bits per heavy atom. The minimum Gasteiger partial charge on any atom is -0.467 e. The molecule has 1 fully saturated rings. The van der Waals surface area contributed by atoms with Gasteiger partial charge in [-0.25, -0.2) is 4.79 Å². The summed E-state index contributed by atoms with van der Waals surface area (Å²) >= 11 is 0. The van der Waals surface area contributed by atoms with E-state index in [-0.39, 0.29) is 5.91 Å². The lowest BCUT2D eigenvalue weighted by molar-refractivity contribution is -0.148. The molecule has 1 aliphatic rings. The first-order valence-electron chi connectivity index (χ1n) is 5.02. The summed E-state index contributed by atoms with van der Waals surface area (Å²) in [5, 5.41) is 2.57. The molecule has 5 heteroatoms. The maximum atomic E-state index is 11.8. The third-order valence-corrected chi connectivity index (χ3v) is 2.60. The molecule has 86 valence electrons. The first-order chi connectivity index (χ1) is 6.99. The Morgan fingerprint density at radius 1 is 1.53 bits per heavy atom. The highest BCUT2D eigenvalue weighted by Crippen LogP contribution is 2.25. The summed E-state index contributed by atoms with van der Waals surface area (Å²) in [6.07, 6.45) is 1.56. The zero-order valence-corrected chi connectivity index (χ0v) is 9.33. The second-order valence-electron chi connectivity index (χ2n) is 3.90. The van der Waals surface area contributed by atoms with Crippen molar-refractivity contribution in [2.24, 2.45) is 0 Å². The smallest absolute Gasteiger partial charge is 0.328 e. The number of amides is 1. The number of methoxy groups -OCH3 is 1. The fourth-order valence-corrected chi connectivity index (χ4v) is 1.54. The van der Waals surface area contributed by atoms with Crippen molar-refractivity contribution in [3.8, 4) is 0 Å². The van der Waals surface area contributed by atoms with Crippen LogP contribution in [0.5, 0.6) is 0 Å². The fraction of sp³-hybridized carbons (Fsp3) is 0.800. The molecule has 0 radical (unpaired) electrons. The van der Waals surface area contributed by atoms with Crippen LogP contribution in [0.15, 0.2) is 0 Å². The van der Waals surface area contributed by atoms with E-state index in [1.54, 1.807) is 13.8 Å². The predicted molar refractivity (Wildman–Crippen MR) is 53.2 cm³/mol. The first kappa shape index (κ1) is 12.0. The number of rotatable bonds is 3. The van der Waals surface area contributed by atoms with Crippen LogP contribution in [0.2, 0.25) is 0 Å². The molecular formula is C10H17NO4. The van der Waals surface area contributed by atoms with Gasteiger partial charge in [-0.2, -0.15) is 0 Å². The van der Waals surface area contributed by atoms with Crippen molar-refractivity contribution in [2.75, 3.05) is 13.7 Å². The Morgan fingerprint density at radius 3 is 2.67 bits per heavy atom. The molecule has 0 aliphatic carbocycles. The minimum atomic E-state index is -0.789. The third-order valence-electron chi connectivity index (χ3n) is 2.60. The van der Waals surface area contributed by atoms with E-state index in [4.69, 9.17) is 4.74 Å². The van der Waals surface area contributed by atoms with Crippen LogP contribution < -0.4 is 5.32 Å².